The third-order valence-electron chi connectivity index (χ3n) is 7.90. The molecule has 2 saturated carbocycles. The summed E-state index contributed by atoms with van der Waals surface area (Å²) in [6.07, 6.45) is 20.5. The number of unbranched alkanes of at least 4 members (excludes halogenated alkanes) is 4. The van der Waals surface area contributed by atoms with Crippen LogP contribution in [0.1, 0.15) is 115 Å². The fourth-order valence-electron chi connectivity index (χ4n) is 5.82. The third-order valence-corrected chi connectivity index (χ3v) is 7.90. The van der Waals surface area contributed by atoms with Crippen molar-refractivity contribution in [3.8, 4) is 11.8 Å². The van der Waals surface area contributed by atoms with Gasteiger partial charge in [-0.15, -0.1) is 0 Å². The van der Waals surface area contributed by atoms with Gasteiger partial charge in [0.15, 0.2) is 0 Å². The highest BCUT2D eigenvalue weighted by atomic mass is 19.1. The van der Waals surface area contributed by atoms with Crippen LogP contribution in [0.5, 0.6) is 0 Å². The second kappa shape index (κ2) is 12.5. The number of benzene rings is 1. The zero-order chi connectivity index (χ0) is 21.2. The molecule has 3 rings (SSSR count). The Balaban J connectivity index is 1.36. The van der Waals surface area contributed by atoms with Crippen molar-refractivity contribution in [3.05, 3.63) is 35.1 Å². The van der Waals surface area contributed by atoms with Gasteiger partial charge in [0.1, 0.15) is 5.82 Å². The predicted molar refractivity (Wildman–Crippen MR) is 127 cm³/mol. The molecule has 0 amide bonds. The summed E-state index contributed by atoms with van der Waals surface area (Å²) in [5.41, 5.74) is 1.62. The molecule has 2 aliphatic carbocycles. The lowest BCUT2D eigenvalue weighted by molar-refractivity contribution is 0.153. The van der Waals surface area contributed by atoms with Gasteiger partial charge in [-0.25, -0.2) is 4.39 Å². The Bertz CT molecular complexity index is 678. The maximum Gasteiger partial charge on any atom is 0.127 e. The van der Waals surface area contributed by atoms with E-state index in [2.05, 4.69) is 18.8 Å². The van der Waals surface area contributed by atoms with E-state index >= 15 is 0 Å². The van der Waals surface area contributed by atoms with Gasteiger partial charge in [-0.05, 0) is 80.4 Å². The smallest absolute Gasteiger partial charge is 0.127 e. The topological polar surface area (TPSA) is 0 Å². The minimum atomic E-state index is -0.107. The van der Waals surface area contributed by atoms with E-state index in [1.54, 1.807) is 6.07 Å². The summed E-state index contributed by atoms with van der Waals surface area (Å²) in [7, 11) is 0. The predicted octanol–water partition coefficient (Wildman–Crippen LogP) is 8.71. The third kappa shape index (κ3) is 7.14. The monoisotopic (exact) mass is 410 g/mol. The minimum Gasteiger partial charge on any atom is -0.207 e. The van der Waals surface area contributed by atoms with E-state index in [1.807, 2.05) is 19.1 Å². The lowest BCUT2D eigenvalue weighted by Gasteiger charge is -2.37. The van der Waals surface area contributed by atoms with Crippen LogP contribution in [0.25, 0.3) is 0 Å². The van der Waals surface area contributed by atoms with Crippen molar-refractivity contribution in [2.75, 3.05) is 0 Å². The molecule has 0 aromatic heterocycles. The van der Waals surface area contributed by atoms with E-state index in [0.717, 1.165) is 35.3 Å². The highest BCUT2D eigenvalue weighted by molar-refractivity contribution is 5.37. The minimum absolute atomic E-state index is 0.107. The Morgan fingerprint density at radius 3 is 2.13 bits per heavy atom. The summed E-state index contributed by atoms with van der Waals surface area (Å²) in [4.78, 5) is 0. The van der Waals surface area contributed by atoms with Crippen LogP contribution in [0.15, 0.2) is 18.2 Å². The van der Waals surface area contributed by atoms with Gasteiger partial charge in [0.05, 0.1) is 0 Å². The molecule has 0 nitrogen and oxygen atoms in total. The van der Waals surface area contributed by atoms with Crippen LogP contribution >= 0.6 is 0 Å². The lowest BCUT2D eigenvalue weighted by Crippen LogP contribution is -2.25. The van der Waals surface area contributed by atoms with Crippen molar-refractivity contribution in [2.45, 2.75) is 110 Å². The van der Waals surface area contributed by atoms with Gasteiger partial charge in [-0.1, -0.05) is 83.1 Å². The van der Waals surface area contributed by atoms with E-state index in [9.17, 15) is 4.39 Å². The second-order valence-electron chi connectivity index (χ2n) is 10.0. The SMILES string of the molecule is CCCCCCCC1CCC(C2CCC(C#Cc3ccc(CC)c(F)c3)CC2)CC1. The van der Waals surface area contributed by atoms with Crippen LogP contribution in [0.4, 0.5) is 4.39 Å². The number of hydrogen-bond donors (Lipinski definition) is 0. The van der Waals surface area contributed by atoms with E-state index in [4.69, 9.17) is 0 Å². The van der Waals surface area contributed by atoms with Crippen LogP contribution in [0.2, 0.25) is 0 Å². The summed E-state index contributed by atoms with van der Waals surface area (Å²) >= 11 is 0. The second-order valence-corrected chi connectivity index (χ2v) is 10.0. The largest absolute Gasteiger partial charge is 0.207 e. The van der Waals surface area contributed by atoms with Crippen molar-refractivity contribution in [1.29, 1.82) is 0 Å². The van der Waals surface area contributed by atoms with Gasteiger partial charge in [-0.2, -0.15) is 0 Å². The summed E-state index contributed by atoms with van der Waals surface area (Å²) < 4.78 is 14.0. The molecular formula is C29H43F. The molecule has 2 aliphatic rings. The fourth-order valence-corrected chi connectivity index (χ4v) is 5.82. The average Bonchev–Trinajstić information content (AvgIpc) is 2.78. The van der Waals surface area contributed by atoms with Crippen LogP contribution in [0, 0.1) is 41.3 Å². The Hall–Kier alpha value is -1.29. The normalized spacial score (nSPS) is 26.8. The van der Waals surface area contributed by atoms with Crippen molar-refractivity contribution in [2.24, 2.45) is 23.7 Å². The zero-order valence-corrected chi connectivity index (χ0v) is 19.5. The van der Waals surface area contributed by atoms with Crippen LogP contribution < -0.4 is 0 Å². The quantitative estimate of drug-likeness (QED) is 0.297. The molecule has 2 fully saturated rings. The van der Waals surface area contributed by atoms with Gasteiger partial charge in [0.25, 0.3) is 0 Å². The van der Waals surface area contributed by atoms with Gasteiger partial charge >= 0.3 is 0 Å². The molecule has 0 saturated heterocycles. The number of rotatable bonds is 8. The van der Waals surface area contributed by atoms with Gasteiger partial charge in [-0.3, -0.25) is 0 Å². The first-order valence-corrected chi connectivity index (χ1v) is 13.0. The first kappa shape index (κ1) is 23.4. The summed E-state index contributed by atoms with van der Waals surface area (Å²) in [6.45, 7) is 4.29. The Kier molecular flexibility index (Phi) is 9.77. The van der Waals surface area contributed by atoms with E-state index in [0.29, 0.717) is 5.92 Å². The van der Waals surface area contributed by atoms with Crippen LogP contribution in [-0.2, 0) is 6.42 Å². The average molecular weight is 411 g/mol. The van der Waals surface area contributed by atoms with E-state index < -0.39 is 0 Å². The molecule has 1 aromatic carbocycles. The number of hydrogen-bond acceptors (Lipinski definition) is 0. The molecule has 1 heteroatoms. The standard InChI is InChI=1S/C29H43F/c1-3-5-6-7-8-9-23-12-18-27(19-13-23)28-20-14-24(15-21-28)10-11-25-16-17-26(4-2)29(30)22-25/h16-17,22-24,27-28H,3-9,12-15,18-21H2,1-2H3. The maximum atomic E-state index is 14.0. The van der Waals surface area contributed by atoms with Crippen LogP contribution in [0.3, 0.4) is 0 Å². The molecule has 0 unspecified atom stereocenters. The Morgan fingerprint density at radius 2 is 1.50 bits per heavy atom. The molecule has 30 heavy (non-hydrogen) atoms. The van der Waals surface area contributed by atoms with Crippen molar-refractivity contribution >= 4 is 0 Å². The van der Waals surface area contributed by atoms with E-state index in [-0.39, 0.29) is 5.82 Å². The van der Waals surface area contributed by atoms with Crippen molar-refractivity contribution in [1.82, 2.24) is 0 Å². The molecule has 0 radical (unpaired) electrons. The summed E-state index contributed by atoms with van der Waals surface area (Å²) in [5.74, 6) is 10.0. The number of aryl methyl sites for hydroxylation is 1. The van der Waals surface area contributed by atoms with Gasteiger partial charge < -0.3 is 0 Å². The summed E-state index contributed by atoms with van der Waals surface area (Å²) in [6, 6.07) is 5.47. The molecule has 1 aromatic rings. The van der Waals surface area contributed by atoms with Crippen molar-refractivity contribution < 1.29 is 4.39 Å². The Labute approximate surface area is 185 Å². The number of halogens is 1. The maximum absolute atomic E-state index is 14.0. The highest BCUT2D eigenvalue weighted by Gasteiger charge is 2.30. The van der Waals surface area contributed by atoms with Crippen LogP contribution in [-0.4, -0.2) is 0 Å². The molecule has 166 valence electrons. The van der Waals surface area contributed by atoms with Gasteiger partial charge in [0, 0.05) is 11.5 Å². The molecule has 0 aliphatic heterocycles. The summed E-state index contributed by atoms with van der Waals surface area (Å²) in [5, 5.41) is 0. The first-order valence-electron chi connectivity index (χ1n) is 13.0. The van der Waals surface area contributed by atoms with Crippen molar-refractivity contribution in [3.63, 3.8) is 0 Å². The van der Waals surface area contributed by atoms with E-state index in [1.165, 1.54) is 89.9 Å². The molecule has 0 atom stereocenters. The molecule has 0 spiro atoms. The first-order chi connectivity index (χ1) is 14.7. The molecule has 0 bridgehead atoms. The lowest BCUT2D eigenvalue weighted by atomic mass is 9.69. The fraction of sp³-hybridized carbons (Fsp3) is 0.724. The highest BCUT2D eigenvalue weighted by Crippen LogP contribution is 2.42. The zero-order valence-electron chi connectivity index (χ0n) is 19.5. The van der Waals surface area contributed by atoms with Gasteiger partial charge in [0.2, 0.25) is 0 Å². The Morgan fingerprint density at radius 1 is 0.833 bits per heavy atom. The molecule has 0 heterocycles. The molecule has 0 N–H and O–H groups in total. The molecular weight excluding hydrogens is 367 g/mol.